The molecule has 6 nitrogen and oxygen atoms in total. The summed E-state index contributed by atoms with van der Waals surface area (Å²) in [5.74, 6) is 2.04. The molecule has 162 valence electrons. The molecule has 0 amide bonds. The number of hydrogen-bond donors (Lipinski definition) is 0. The Kier molecular flexibility index (Phi) is 5.63. The fourth-order valence-electron chi connectivity index (χ4n) is 3.58. The molecular weight excluding hydrogens is 467 g/mol. The van der Waals surface area contributed by atoms with Crippen molar-refractivity contribution in [2.24, 2.45) is 7.05 Å². The molecule has 0 aliphatic rings. The molecule has 0 aliphatic carbocycles. The number of hydrogen-bond acceptors (Lipinski definition) is 5. The third-order valence-electron chi connectivity index (χ3n) is 5.19. The Morgan fingerprint density at radius 2 is 1.78 bits per heavy atom. The maximum absolute atomic E-state index is 6.36. The van der Waals surface area contributed by atoms with Gasteiger partial charge in [-0.05, 0) is 35.9 Å². The van der Waals surface area contributed by atoms with Gasteiger partial charge in [-0.2, -0.15) is 0 Å². The predicted octanol–water partition coefficient (Wildman–Crippen LogP) is 6.63. The molecule has 32 heavy (non-hydrogen) atoms. The molecule has 5 aromatic rings. The number of furan rings is 1. The van der Waals surface area contributed by atoms with Crippen LogP contribution in [0, 0.1) is 0 Å². The maximum Gasteiger partial charge on any atom is 0.196 e. The molecule has 9 heteroatoms. The highest BCUT2D eigenvalue weighted by atomic mass is 35.5. The van der Waals surface area contributed by atoms with Gasteiger partial charge < -0.3 is 13.7 Å². The van der Waals surface area contributed by atoms with E-state index in [1.165, 1.54) is 0 Å². The third kappa shape index (κ3) is 3.77. The van der Waals surface area contributed by atoms with Crippen LogP contribution in [-0.4, -0.2) is 26.4 Å². The van der Waals surface area contributed by atoms with Crippen LogP contribution in [0.2, 0.25) is 10.0 Å². The summed E-state index contributed by atoms with van der Waals surface area (Å²) >= 11 is 14.0. The van der Waals surface area contributed by atoms with Crippen molar-refractivity contribution in [1.82, 2.24) is 19.3 Å². The monoisotopic (exact) mass is 484 g/mol. The van der Waals surface area contributed by atoms with Gasteiger partial charge in [0.15, 0.2) is 16.6 Å². The summed E-state index contributed by atoms with van der Waals surface area (Å²) in [5.41, 5.74) is 4.52. The zero-order chi connectivity index (χ0) is 22.2. The average molecular weight is 485 g/mol. The minimum absolute atomic E-state index is 0.592. The van der Waals surface area contributed by atoms with Crippen molar-refractivity contribution in [3.8, 4) is 23.0 Å². The van der Waals surface area contributed by atoms with E-state index in [1.54, 1.807) is 31.2 Å². The second-order valence-corrected chi connectivity index (χ2v) is 8.95. The lowest BCUT2D eigenvalue weighted by Crippen LogP contribution is -2.04. The van der Waals surface area contributed by atoms with Gasteiger partial charge >= 0.3 is 0 Å². The first-order valence-corrected chi connectivity index (χ1v) is 11.5. The molecule has 0 aliphatic heterocycles. The number of thioether (sulfide) groups is 1. The number of fused-ring (bicyclic) bond motifs is 1. The van der Waals surface area contributed by atoms with Gasteiger partial charge in [-0.25, -0.2) is 0 Å². The normalized spacial score (nSPS) is 11.4. The highest BCUT2D eigenvalue weighted by Crippen LogP contribution is 2.36. The Bertz CT molecular complexity index is 1410. The van der Waals surface area contributed by atoms with Crippen LogP contribution in [0.1, 0.15) is 5.56 Å². The fourth-order valence-corrected chi connectivity index (χ4v) is 4.77. The van der Waals surface area contributed by atoms with E-state index in [2.05, 4.69) is 10.2 Å². The number of aryl methyl sites for hydroxylation is 1. The van der Waals surface area contributed by atoms with Gasteiger partial charge in [0.05, 0.1) is 30.3 Å². The van der Waals surface area contributed by atoms with Crippen LogP contribution in [0.4, 0.5) is 0 Å². The summed E-state index contributed by atoms with van der Waals surface area (Å²) in [6.07, 6.45) is 1.67. The number of rotatable bonds is 6. The molecule has 0 spiro atoms. The molecule has 0 atom stereocenters. The number of methoxy groups -OCH3 is 1. The summed E-state index contributed by atoms with van der Waals surface area (Å²) in [7, 11) is 3.61. The number of ether oxygens (including phenoxy) is 1. The molecule has 5 rings (SSSR count). The Morgan fingerprint density at radius 3 is 2.53 bits per heavy atom. The molecule has 0 radical (unpaired) electrons. The summed E-state index contributed by atoms with van der Waals surface area (Å²) in [6.45, 7) is 0. The molecule has 0 saturated carbocycles. The van der Waals surface area contributed by atoms with Gasteiger partial charge in [-0.15, -0.1) is 10.2 Å². The van der Waals surface area contributed by atoms with E-state index < -0.39 is 0 Å². The third-order valence-corrected chi connectivity index (χ3v) is 6.68. The number of nitrogens with zero attached hydrogens (tertiary/aromatic N) is 4. The van der Waals surface area contributed by atoms with E-state index >= 15 is 0 Å². The van der Waals surface area contributed by atoms with E-state index in [0.29, 0.717) is 32.5 Å². The van der Waals surface area contributed by atoms with Crippen LogP contribution < -0.4 is 4.74 Å². The van der Waals surface area contributed by atoms with Gasteiger partial charge in [0.1, 0.15) is 5.75 Å². The molecule has 0 bridgehead atoms. The van der Waals surface area contributed by atoms with Gasteiger partial charge in [0.2, 0.25) is 0 Å². The highest BCUT2D eigenvalue weighted by Gasteiger charge is 2.23. The summed E-state index contributed by atoms with van der Waals surface area (Å²) < 4.78 is 15.2. The van der Waals surface area contributed by atoms with E-state index in [0.717, 1.165) is 28.0 Å². The molecule has 3 aromatic heterocycles. The van der Waals surface area contributed by atoms with Crippen LogP contribution in [0.15, 0.2) is 70.4 Å². The summed E-state index contributed by atoms with van der Waals surface area (Å²) in [5, 5.41) is 11.1. The van der Waals surface area contributed by atoms with Crippen molar-refractivity contribution in [3.63, 3.8) is 0 Å². The molecular formula is C23H18Cl2N4O2S. The van der Waals surface area contributed by atoms with E-state index in [9.17, 15) is 0 Å². The lowest BCUT2D eigenvalue weighted by atomic mass is 10.2. The Labute approximate surface area is 198 Å². The van der Waals surface area contributed by atoms with Crippen LogP contribution in [0.3, 0.4) is 0 Å². The summed E-state index contributed by atoms with van der Waals surface area (Å²) in [4.78, 5) is 0. The smallest absolute Gasteiger partial charge is 0.196 e. The van der Waals surface area contributed by atoms with Gasteiger partial charge in [0.25, 0.3) is 0 Å². The topological polar surface area (TPSA) is 58.0 Å². The predicted molar refractivity (Wildman–Crippen MR) is 128 cm³/mol. The van der Waals surface area contributed by atoms with Crippen LogP contribution in [0.25, 0.3) is 28.3 Å². The minimum Gasteiger partial charge on any atom is -0.495 e. The molecule has 0 fully saturated rings. The first-order chi connectivity index (χ1) is 15.5. The molecule has 3 heterocycles. The van der Waals surface area contributed by atoms with Gasteiger partial charge in [-0.3, -0.25) is 4.57 Å². The lowest BCUT2D eigenvalue weighted by molar-refractivity contribution is 0.412. The van der Waals surface area contributed by atoms with E-state index in [-0.39, 0.29) is 0 Å². The molecule has 2 aromatic carbocycles. The Morgan fingerprint density at radius 1 is 1.00 bits per heavy atom. The average Bonchev–Trinajstić information content (AvgIpc) is 3.49. The largest absolute Gasteiger partial charge is 0.495 e. The zero-order valence-corrected chi connectivity index (χ0v) is 19.6. The second kappa shape index (κ2) is 8.58. The summed E-state index contributed by atoms with van der Waals surface area (Å²) in [6, 6.07) is 17.1. The van der Waals surface area contributed by atoms with E-state index in [4.69, 9.17) is 32.4 Å². The first-order valence-electron chi connectivity index (χ1n) is 9.75. The second-order valence-electron chi connectivity index (χ2n) is 7.13. The van der Waals surface area contributed by atoms with Crippen molar-refractivity contribution in [1.29, 1.82) is 0 Å². The number of benzene rings is 2. The van der Waals surface area contributed by atoms with Crippen molar-refractivity contribution < 1.29 is 9.15 Å². The quantitative estimate of drug-likeness (QED) is 0.253. The fraction of sp³-hybridized carbons (Fsp3) is 0.130. The SMILES string of the molecule is COc1ccc(Cl)cc1-n1c(SCc2ccc(Cl)cc2)nnc1-c1cc2occc2n1C. The molecule has 0 unspecified atom stereocenters. The van der Waals surface area contributed by atoms with Crippen LogP contribution >= 0.6 is 35.0 Å². The van der Waals surface area contributed by atoms with Crippen LogP contribution in [-0.2, 0) is 12.8 Å². The highest BCUT2D eigenvalue weighted by molar-refractivity contribution is 7.98. The Hall–Kier alpha value is -2.87. The van der Waals surface area contributed by atoms with Crippen LogP contribution in [0.5, 0.6) is 5.75 Å². The molecule has 0 N–H and O–H groups in total. The zero-order valence-electron chi connectivity index (χ0n) is 17.3. The van der Waals surface area contributed by atoms with Gasteiger partial charge in [0, 0.05) is 35.0 Å². The number of aromatic nitrogens is 4. The van der Waals surface area contributed by atoms with Gasteiger partial charge in [-0.1, -0.05) is 47.1 Å². The maximum atomic E-state index is 6.36. The van der Waals surface area contributed by atoms with E-state index in [1.807, 2.05) is 64.7 Å². The lowest BCUT2D eigenvalue weighted by Gasteiger charge is -2.14. The number of halogens is 2. The van der Waals surface area contributed by atoms with Crippen molar-refractivity contribution in [3.05, 3.63) is 76.5 Å². The standard InChI is InChI=1S/C23H18Cl2N4O2S/c1-28-17-9-10-31-21(17)12-19(28)22-26-27-23(32-13-14-3-5-15(24)6-4-14)29(22)18-11-16(25)7-8-20(18)30-2/h3-12H,13H2,1-2H3. The molecule has 0 saturated heterocycles. The van der Waals surface area contributed by atoms with Crippen molar-refractivity contribution in [2.75, 3.05) is 7.11 Å². The Balaban J connectivity index is 1.64. The van der Waals surface area contributed by atoms with Crippen molar-refractivity contribution in [2.45, 2.75) is 10.9 Å². The first kappa shape index (κ1) is 21.0. The minimum atomic E-state index is 0.592. The van der Waals surface area contributed by atoms with Crippen molar-refractivity contribution >= 4 is 46.1 Å².